The molecular formula is C68H62S3. The van der Waals surface area contributed by atoms with Crippen LogP contribution < -0.4 is 0 Å². The third-order valence-corrected chi connectivity index (χ3v) is 26.5. The molecule has 71 heavy (non-hydrogen) atoms. The van der Waals surface area contributed by atoms with Gasteiger partial charge in [0.25, 0.3) is 0 Å². The predicted octanol–water partition coefficient (Wildman–Crippen LogP) is 20.6. The van der Waals surface area contributed by atoms with Crippen molar-refractivity contribution in [3.8, 4) is 33.4 Å². The molecule has 352 valence electrons. The summed E-state index contributed by atoms with van der Waals surface area (Å²) in [5.74, 6) is 0. The van der Waals surface area contributed by atoms with E-state index < -0.39 is 0 Å². The van der Waals surface area contributed by atoms with E-state index in [9.17, 15) is 0 Å². The second kappa shape index (κ2) is 14.1. The van der Waals surface area contributed by atoms with Crippen molar-refractivity contribution in [2.75, 3.05) is 0 Å². The number of fused-ring (bicyclic) bond motifs is 15. The molecule has 6 aliphatic rings. The maximum atomic E-state index is 2.64. The summed E-state index contributed by atoms with van der Waals surface area (Å²) in [7, 11) is 0. The highest BCUT2D eigenvalue weighted by Crippen LogP contribution is 2.66. The van der Waals surface area contributed by atoms with Gasteiger partial charge in [-0.2, -0.15) is 0 Å². The normalized spacial score (nSPS) is 29.9. The Labute approximate surface area is 432 Å². The van der Waals surface area contributed by atoms with E-state index in [1.165, 1.54) is 190 Å². The van der Waals surface area contributed by atoms with Gasteiger partial charge in [0.05, 0.1) is 0 Å². The Hall–Kier alpha value is -4.67. The van der Waals surface area contributed by atoms with Crippen LogP contribution in [-0.2, 0) is 16.2 Å². The molecule has 3 heteroatoms. The zero-order chi connectivity index (χ0) is 47.6. The molecule has 0 radical (unpaired) electrons. The summed E-state index contributed by atoms with van der Waals surface area (Å²) in [5.41, 5.74) is 13.6. The summed E-state index contributed by atoms with van der Waals surface area (Å²) < 4.78 is 0.805. The van der Waals surface area contributed by atoms with E-state index in [4.69, 9.17) is 0 Å². The zero-order valence-electron chi connectivity index (χ0n) is 42.3. The van der Waals surface area contributed by atoms with Crippen molar-refractivity contribution in [3.63, 3.8) is 0 Å². The Morgan fingerprint density at radius 2 is 0.648 bits per heavy atom. The van der Waals surface area contributed by atoms with Gasteiger partial charge in [-0.05, 0) is 223 Å². The van der Waals surface area contributed by atoms with E-state index in [1.807, 2.05) is 0 Å². The van der Waals surface area contributed by atoms with Crippen molar-refractivity contribution in [3.05, 3.63) is 138 Å². The molecule has 0 aromatic heterocycles. The standard InChI is InChI=1S/C68H62S3/c1-63-28-7-10-31-66(63,4)69-57-25-16-39(34-54(57)63)42-19-22-47-51-38-53-49-24-21-44(41-18-27-59-56(36-41)65(3)30-9-12-33-68(65,6)71-59)61-43(40-17-26-58-55(35-40)64(2)29-8-11-32-67(64,5)70-58)20-23-48(62(49)61)52(53)37-50(51)46-15-13-14-45(42)60(46)47/h13-27,34-38H,7-12,28-33H2,1-6H3. The monoisotopic (exact) mass is 974 g/mol. The Bertz CT molecular complexity index is 3820. The fourth-order valence-corrected chi connectivity index (χ4v) is 21.7. The first kappa shape index (κ1) is 42.8. The average molecular weight is 975 g/mol. The van der Waals surface area contributed by atoms with Gasteiger partial charge in [0.1, 0.15) is 0 Å². The molecule has 6 atom stereocenters. The summed E-state index contributed by atoms with van der Waals surface area (Å²) >= 11 is 6.48. The number of rotatable bonds is 3. The molecule has 3 fully saturated rings. The quantitative estimate of drug-likeness (QED) is 0.173. The minimum absolute atomic E-state index is 0.186. The van der Waals surface area contributed by atoms with Crippen LogP contribution in [-0.4, -0.2) is 14.2 Å². The molecule has 16 rings (SSSR count). The maximum absolute atomic E-state index is 2.64. The van der Waals surface area contributed by atoms with Gasteiger partial charge in [0, 0.05) is 45.2 Å². The van der Waals surface area contributed by atoms with E-state index in [2.05, 4.69) is 198 Å². The van der Waals surface area contributed by atoms with Gasteiger partial charge in [0.15, 0.2) is 0 Å². The van der Waals surface area contributed by atoms with Crippen LogP contribution in [0.1, 0.15) is 135 Å². The van der Waals surface area contributed by atoms with Crippen molar-refractivity contribution in [2.45, 2.75) is 164 Å². The van der Waals surface area contributed by atoms with Crippen LogP contribution in [0.5, 0.6) is 0 Å². The maximum Gasteiger partial charge on any atom is 0.0273 e. The first-order valence-corrected chi connectivity index (χ1v) is 29.6. The smallest absolute Gasteiger partial charge is 0.0273 e. The van der Waals surface area contributed by atoms with Crippen LogP contribution >= 0.6 is 35.3 Å². The molecule has 3 aliphatic heterocycles. The summed E-state index contributed by atoms with van der Waals surface area (Å²) in [5, 5.41) is 16.7. The molecule has 0 N–H and O–H groups in total. The summed E-state index contributed by atoms with van der Waals surface area (Å²) in [6.45, 7) is 15.4. The first-order chi connectivity index (χ1) is 34.3. The largest absolute Gasteiger partial charge is 0.118 e. The molecule has 0 spiro atoms. The van der Waals surface area contributed by atoms with Crippen LogP contribution in [0.3, 0.4) is 0 Å². The summed E-state index contributed by atoms with van der Waals surface area (Å²) in [6, 6.07) is 49.8. The van der Waals surface area contributed by atoms with Crippen LogP contribution in [0.2, 0.25) is 0 Å². The van der Waals surface area contributed by atoms with Gasteiger partial charge in [-0.3, -0.25) is 0 Å². The van der Waals surface area contributed by atoms with Gasteiger partial charge in [-0.25, -0.2) is 0 Å². The third-order valence-electron chi connectivity index (χ3n) is 21.4. The van der Waals surface area contributed by atoms with Gasteiger partial charge in [0.2, 0.25) is 0 Å². The second-order valence-corrected chi connectivity index (χ2v) is 29.3. The molecule has 0 amide bonds. The predicted molar refractivity (Wildman–Crippen MR) is 310 cm³/mol. The van der Waals surface area contributed by atoms with Crippen LogP contribution in [0, 0.1) is 0 Å². The van der Waals surface area contributed by atoms with E-state index in [1.54, 1.807) is 16.7 Å². The Balaban J connectivity index is 0.910. The SMILES string of the molecule is CC12CCCCC1(C)c1cc(-c3ccc4c5cc6c(cc5c5cccc3c54)c3ccc(-c4ccc5c(c4)C4(C)CCCCC4(C)S5)c4c(-c5ccc7c(c5)C5(C)CCCCC5(C)S7)ccc6c43)ccc1S2. The molecule has 3 aliphatic carbocycles. The van der Waals surface area contributed by atoms with E-state index >= 15 is 0 Å². The van der Waals surface area contributed by atoms with Crippen LogP contribution in [0.15, 0.2) is 136 Å². The van der Waals surface area contributed by atoms with Crippen molar-refractivity contribution >= 4 is 99.9 Å². The highest BCUT2D eigenvalue weighted by Gasteiger charge is 2.56. The van der Waals surface area contributed by atoms with E-state index in [0.717, 1.165) is 0 Å². The number of hydrogen-bond donors (Lipinski definition) is 0. The van der Waals surface area contributed by atoms with Gasteiger partial charge < -0.3 is 0 Å². The van der Waals surface area contributed by atoms with Gasteiger partial charge in [-0.15, -0.1) is 35.3 Å². The molecule has 10 aromatic rings. The minimum atomic E-state index is 0.186. The fourth-order valence-electron chi connectivity index (χ4n) is 16.6. The van der Waals surface area contributed by atoms with E-state index in [-0.39, 0.29) is 30.5 Å². The lowest BCUT2D eigenvalue weighted by Gasteiger charge is -2.45. The fraction of sp³-hybridized carbons (Fsp3) is 0.353. The molecule has 3 saturated carbocycles. The molecule has 0 bridgehead atoms. The molecule has 0 saturated heterocycles. The number of thioether (sulfide) groups is 3. The highest BCUT2D eigenvalue weighted by atomic mass is 32.2. The number of benzene rings is 8. The highest BCUT2D eigenvalue weighted by molar-refractivity contribution is 8.01. The van der Waals surface area contributed by atoms with Gasteiger partial charge in [-0.1, -0.05) is 132 Å². The van der Waals surface area contributed by atoms with Crippen molar-refractivity contribution in [1.82, 2.24) is 0 Å². The van der Waals surface area contributed by atoms with Crippen molar-refractivity contribution in [1.29, 1.82) is 0 Å². The van der Waals surface area contributed by atoms with E-state index in [0.29, 0.717) is 0 Å². The summed E-state index contributed by atoms with van der Waals surface area (Å²) in [6.07, 6.45) is 15.8. The molecule has 3 heterocycles. The lowest BCUT2D eigenvalue weighted by molar-refractivity contribution is 0.260. The Kier molecular flexibility index (Phi) is 8.52. The van der Waals surface area contributed by atoms with Crippen molar-refractivity contribution in [2.24, 2.45) is 0 Å². The topological polar surface area (TPSA) is 0 Å². The number of hydrogen-bond acceptors (Lipinski definition) is 3. The summed E-state index contributed by atoms with van der Waals surface area (Å²) in [4.78, 5) is 4.51. The Morgan fingerprint density at radius 1 is 0.296 bits per heavy atom. The molecular weight excluding hydrogens is 913 g/mol. The minimum Gasteiger partial charge on any atom is -0.118 e. The first-order valence-electron chi connectivity index (χ1n) is 27.2. The van der Waals surface area contributed by atoms with Crippen LogP contribution in [0.25, 0.3) is 98.0 Å². The third kappa shape index (κ3) is 5.30. The second-order valence-electron chi connectivity index (χ2n) is 24.7. The van der Waals surface area contributed by atoms with Gasteiger partial charge >= 0.3 is 0 Å². The zero-order valence-corrected chi connectivity index (χ0v) is 44.7. The van der Waals surface area contributed by atoms with Crippen LogP contribution in [0.4, 0.5) is 0 Å². The molecule has 6 unspecified atom stereocenters. The molecule has 0 nitrogen and oxygen atoms in total. The average Bonchev–Trinajstić information content (AvgIpc) is 4.09. The Morgan fingerprint density at radius 3 is 1.08 bits per heavy atom. The lowest BCUT2D eigenvalue weighted by atomic mass is 9.64. The lowest BCUT2D eigenvalue weighted by Crippen LogP contribution is -2.43. The molecule has 10 aromatic carbocycles. The van der Waals surface area contributed by atoms with Crippen molar-refractivity contribution < 1.29 is 0 Å².